The molecule has 0 radical (unpaired) electrons. The summed E-state index contributed by atoms with van der Waals surface area (Å²) in [4.78, 5) is 6.78. The molecule has 0 N–H and O–H groups in total. The van der Waals surface area contributed by atoms with Gasteiger partial charge in [-0.2, -0.15) is 0 Å². The first-order chi connectivity index (χ1) is 8.43. The van der Waals surface area contributed by atoms with Gasteiger partial charge in [0.25, 0.3) is 0 Å². The lowest BCUT2D eigenvalue weighted by atomic mass is 9.95. The summed E-state index contributed by atoms with van der Waals surface area (Å²) in [6.07, 6.45) is 8.47. The molecule has 1 fully saturated rings. The van der Waals surface area contributed by atoms with E-state index in [1.165, 1.54) is 51.6 Å². The van der Waals surface area contributed by atoms with Gasteiger partial charge < -0.3 is 14.7 Å². The van der Waals surface area contributed by atoms with Gasteiger partial charge in [0.05, 0.1) is 0 Å². The van der Waals surface area contributed by atoms with E-state index in [-0.39, 0.29) is 0 Å². The maximum absolute atomic E-state index is 2.36. The van der Waals surface area contributed by atoms with Crippen LogP contribution < -0.4 is 0 Å². The van der Waals surface area contributed by atoms with Crippen molar-refractivity contribution in [2.75, 3.05) is 55.4 Å². The smallest absolute Gasteiger partial charge is 0.00891 e. The number of rotatable bonds is 5. The van der Waals surface area contributed by atoms with E-state index in [0.29, 0.717) is 0 Å². The number of hydrogen-bond acceptors (Lipinski definition) is 3. The molecule has 0 aliphatic heterocycles. The van der Waals surface area contributed by atoms with Gasteiger partial charge in [0.2, 0.25) is 0 Å². The zero-order valence-corrected chi connectivity index (χ0v) is 13.6. The third-order valence-electron chi connectivity index (χ3n) is 3.52. The molecule has 3 heteroatoms. The van der Waals surface area contributed by atoms with Crippen LogP contribution in [0.1, 0.15) is 38.5 Å². The Balaban J connectivity index is 0.000000321. The number of nitrogens with zero attached hydrogens (tertiary/aromatic N) is 3. The van der Waals surface area contributed by atoms with E-state index in [1.807, 2.05) is 0 Å². The normalized spacial score (nSPS) is 17.2. The topological polar surface area (TPSA) is 9.72 Å². The maximum Gasteiger partial charge on any atom is 0.00891 e. The van der Waals surface area contributed by atoms with Crippen molar-refractivity contribution in [2.24, 2.45) is 0 Å². The molecule has 0 spiro atoms. The van der Waals surface area contributed by atoms with E-state index < -0.39 is 0 Å². The lowest BCUT2D eigenvalue weighted by molar-refractivity contribution is 0.229. The van der Waals surface area contributed by atoms with E-state index in [1.54, 1.807) is 0 Å². The number of hydrogen-bond donors (Lipinski definition) is 0. The molecule has 0 bridgehead atoms. The second-order valence-electron chi connectivity index (χ2n) is 6.22. The van der Waals surface area contributed by atoms with Gasteiger partial charge in [-0.05, 0) is 74.6 Å². The third-order valence-corrected chi connectivity index (χ3v) is 3.52. The Hall–Kier alpha value is -0.120. The van der Waals surface area contributed by atoms with Crippen LogP contribution in [0.15, 0.2) is 0 Å². The van der Waals surface area contributed by atoms with E-state index in [4.69, 9.17) is 0 Å². The molecule has 1 aliphatic rings. The lowest BCUT2D eigenvalue weighted by Gasteiger charge is -2.27. The molecule has 0 amide bonds. The molecule has 0 saturated heterocycles. The fourth-order valence-electron chi connectivity index (χ4n) is 2.30. The van der Waals surface area contributed by atoms with Crippen LogP contribution in [0.3, 0.4) is 0 Å². The fraction of sp³-hybridized carbons (Fsp3) is 1.00. The Kier molecular flexibility index (Phi) is 10.7. The van der Waals surface area contributed by atoms with Crippen molar-refractivity contribution in [1.82, 2.24) is 14.7 Å². The second kappa shape index (κ2) is 10.8. The molecule has 0 aromatic heterocycles. The van der Waals surface area contributed by atoms with Crippen LogP contribution in [-0.2, 0) is 0 Å². The molecular formula is C15H35N3. The van der Waals surface area contributed by atoms with Gasteiger partial charge in [0.1, 0.15) is 0 Å². The van der Waals surface area contributed by atoms with Crippen molar-refractivity contribution in [3.8, 4) is 0 Å². The SMILES string of the molecule is CN(C)C1CCCCC1.CN(C)CCCN(C)C. The van der Waals surface area contributed by atoms with Crippen LogP contribution in [0.2, 0.25) is 0 Å². The molecule has 3 nitrogen and oxygen atoms in total. The van der Waals surface area contributed by atoms with Crippen LogP contribution >= 0.6 is 0 Å². The molecule has 1 aliphatic carbocycles. The quantitative estimate of drug-likeness (QED) is 0.749. The van der Waals surface area contributed by atoms with E-state index in [0.717, 1.165) is 6.04 Å². The summed E-state index contributed by atoms with van der Waals surface area (Å²) in [5.41, 5.74) is 0. The van der Waals surface area contributed by atoms with Crippen molar-refractivity contribution in [3.05, 3.63) is 0 Å². The molecule has 0 atom stereocenters. The molecule has 0 heterocycles. The third kappa shape index (κ3) is 11.0. The Bertz CT molecular complexity index is 165. The molecule has 0 aromatic carbocycles. The van der Waals surface area contributed by atoms with Gasteiger partial charge in [-0.25, -0.2) is 0 Å². The van der Waals surface area contributed by atoms with Gasteiger partial charge in [0.15, 0.2) is 0 Å². The van der Waals surface area contributed by atoms with Crippen LogP contribution in [0.25, 0.3) is 0 Å². The van der Waals surface area contributed by atoms with Crippen LogP contribution in [0, 0.1) is 0 Å². The molecule has 110 valence electrons. The highest BCUT2D eigenvalue weighted by Crippen LogP contribution is 2.20. The first-order valence-electron chi connectivity index (χ1n) is 7.39. The average Bonchev–Trinajstić information content (AvgIpc) is 2.30. The lowest BCUT2D eigenvalue weighted by Crippen LogP contribution is -2.29. The summed E-state index contributed by atoms with van der Waals surface area (Å²) in [7, 11) is 12.8. The molecule has 0 unspecified atom stereocenters. The van der Waals surface area contributed by atoms with Crippen molar-refractivity contribution in [1.29, 1.82) is 0 Å². The van der Waals surface area contributed by atoms with Gasteiger partial charge in [-0.3, -0.25) is 0 Å². The minimum atomic E-state index is 0.888. The first-order valence-corrected chi connectivity index (χ1v) is 7.39. The van der Waals surface area contributed by atoms with Gasteiger partial charge in [-0.1, -0.05) is 19.3 Å². The zero-order valence-electron chi connectivity index (χ0n) is 13.6. The molecule has 18 heavy (non-hydrogen) atoms. The highest BCUT2D eigenvalue weighted by molar-refractivity contribution is 4.70. The minimum Gasteiger partial charge on any atom is -0.309 e. The van der Waals surface area contributed by atoms with Gasteiger partial charge in [-0.15, -0.1) is 0 Å². The summed E-state index contributed by atoms with van der Waals surface area (Å²) < 4.78 is 0. The summed E-state index contributed by atoms with van der Waals surface area (Å²) in [6, 6.07) is 0.888. The largest absolute Gasteiger partial charge is 0.309 e. The predicted molar refractivity (Wildman–Crippen MR) is 82.3 cm³/mol. The van der Waals surface area contributed by atoms with E-state index in [9.17, 15) is 0 Å². The monoisotopic (exact) mass is 257 g/mol. The van der Waals surface area contributed by atoms with Gasteiger partial charge >= 0.3 is 0 Å². The molecule has 0 aromatic rings. The van der Waals surface area contributed by atoms with Crippen molar-refractivity contribution in [2.45, 2.75) is 44.6 Å². The minimum absolute atomic E-state index is 0.888. The van der Waals surface area contributed by atoms with Gasteiger partial charge in [0, 0.05) is 6.04 Å². The van der Waals surface area contributed by atoms with E-state index >= 15 is 0 Å². The summed E-state index contributed by atoms with van der Waals surface area (Å²) >= 11 is 0. The van der Waals surface area contributed by atoms with Crippen LogP contribution in [0.5, 0.6) is 0 Å². The average molecular weight is 257 g/mol. The Morgan fingerprint density at radius 2 is 1.17 bits per heavy atom. The standard InChI is InChI=1S/C8H17N.C7H18N2/c1-9(2)8-6-4-3-5-7-8;1-8(2)6-5-7-9(3)4/h8H,3-7H2,1-2H3;5-7H2,1-4H3. The summed E-state index contributed by atoms with van der Waals surface area (Å²) in [5, 5.41) is 0. The highest BCUT2D eigenvalue weighted by atomic mass is 15.1. The Labute approximate surface area is 115 Å². The summed E-state index contributed by atoms with van der Waals surface area (Å²) in [6.45, 7) is 2.39. The second-order valence-corrected chi connectivity index (χ2v) is 6.22. The molecular weight excluding hydrogens is 222 g/mol. The Morgan fingerprint density at radius 1 is 0.722 bits per heavy atom. The van der Waals surface area contributed by atoms with Crippen LogP contribution in [-0.4, -0.2) is 76.1 Å². The zero-order chi connectivity index (χ0) is 14.0. The maximum atomic E-state index is 2.36. The predicted octanol–water partition coefficient (Wildman–Crippen LogP) is 2.38. The molecule has 1 rings (SSSR count). The first kappa shape index (κ1) is 17.9. The molecule has 1 saturated carbocycles. The van der Waals surface area contributed by atoms with E-state index in [2.05, 4.69) is 57.0 Å². The van der Waals surface area contributed by atoms with Crippen LogP contribution in [0.4, 0.5) is 0 Å². The fourth-order valence-corrected chi connectivity index (χ4v) is 2.30. The van der Waals surface area contributed by atoms with Crippen molar-refractivity contribution < 1.29 is 0 Å². The van der Waals surface area contributed by atoms with Crippen molar-refractivity contribution >= 4 is 0 Å². The Morgan fingerprint density at radius 3 is 1.44 bits per heavy atom. The summed E-state index contributed by atoms with van der Waals surface area (Å²) in [5.74, 6) is 0. The van der Waals surface area contributed by atoms with Crippen molar-refractivity contribution in [3.63, 3.8) is 0 Å². The highest BCUT2D eigenvalue weighted by Gasteiger charge is 2.13.